The molecule has 0 fully saturated rings. The van der Waals surface area contributed by atoms with Gasteiger partial charge in [0.1, 0.15) is 6.61 Å². The molecule has 0 saturated heterocycles. The van der Waals surface area contributed by atoms with Crippen LogP contribution >= 0.6 is 0 Å². The summed E-state index contributed by atoms with van der Waals surface area (Å²) in [6, 6.07) is 6.27. The Kier molecular flexibility index (Phi) is 5.48. The van der Waals surface area contributed by atoms with Gasteiger partial charge >= 0.3 is 5.97 Å². The second kappa shape index (κ2) is 6.88. The SMILES string of the molecule is COC(COC(=O)c1ccc(C(C)=O)cc1)OC. The molecule has 0 aliphatic rings. The van der Waals surface area contributed by atoms with Crippen molar-refractivity contribution < 1.29 is 23.8 Å². The molecule has 0 aromatic heterocycles. The number of ketones is 1. The highest BCUT2D eigenvalue weighted by Crippen LogP contribution is 2.07. The van der Waals surface area contributed by atoms with E-state index in [2.05, 4.69) is 0 Å². The van der Waals surface area contributed by atoms with Gasteiger partial charge in [0.25, 0.3) is 0 Å². The summed E-state index contributed by atoms with van der Waals surface area (Å²) in [5.41, 5.74) is 0.934. The molecule has 1 aromatic carbocycles. The van der Waals surface area contributed by atoms with E-state index in [0.717, 1.165) is 0 Å². The van der Waals surface area contributed by atoms with Crippen LogP contribution < -0.4 is 0 Å². The first-order valence-electron chi connectivity index (χ1n) is 5.42. The molecule has 0 heterocycles. The first kappa shape index (κ1) is 14.3. The minimum Gasteiger partial charge on any atom is -0.457 e. The number of carbonyl (C=O) groups excluding carboxylic acids is 2. The van der Waals surface area contributed by atoms with Crippen molar-refractivity contribution >= 4 is 11.8 Å². The zero-order valence-corrected chi connectivity index (χ0v) is 10.6. The number of methoxy groups -OCH3 is 2. The second-order valence-electron chi connectivity index (χ2n) is 3.63. The lowest BCUT2D eigenvalue weighted by Gasteiger charge is -2.13. The third kappa shape index (κ3) is 3.94. The molecule has 0 aliphatic carbocycles. The maximum Gasteiger partial charge on any atom is 0.338 e. The third-order valence-electron chi connectivity index (χ3n) is 2.40. The number of rotatable bonds is 6. The molecule has 0 aliphatic heterocycles. The van der Waals surface area contributed by atoms with Crippen LogP contribution in [0.5, 0.6) is 0 Å². The molecule has 0 unspecified atom stereocenters. The van der Waals surface area contributed by atoms with E-state index in [4.69, 9.17) is 14.2 Å². The maximum atomic E-state index is 11.6. The number of carbonyl (C=O) groups is 2. The highest BCUT2D eigenvalue weighted by molar-refractivity contribution is 5.96. The first-order valence-corrected chi connectivity index (χ1v) is 5.42. The summed E-state index contributed by atoms with van der Waals surface area (Å²) in [6.45, 7) is 1.48. The number of hydrogen-bond donors (Lipinski definition) is 0. The quantitative estimate of drug-likeness (QED) is 0.438. The minimum atomic E-state index is -0.578. The van der Waals surface area contributed by atoms with Gasteiger partial charge in [-0.2, -0.15) is 0 Å². The highest BCUT2D eigenvalue weighted by Gasteiger charge is 2.12. The molecule has 98 valence electrons. The number of esters is 1. The number of hydrogen-bond acceptors (Lipinski definition) is 5. The Morgan fingerprint density at radius 2 is 1.56 bits per heavy atom. The molecule has 18 heavy (non-hydrogen) atoms. The fourth-order valence-corrected chi connectivity index (χ4v) is 1.30. The Bertz CT molecular complexity index is 406. The van der Waals surface area contributed by atoms with Gasteiger partial charge in [-0.3, -0.25) is 4.79 Å². The highest BCUT2D eigenvalue weighted by atomic mass is 16.7. The monoisotopic (exact) mass is 252 g/mol. The van der Waals surface area contributed by atoms with Gasteiger partial charge in [0, 0.05) is 19.8 Å². The van der Waals surface area contributed by atoms with E-state index in [1.54, 1.807) is 24.3 Å². The van der Waals surface area contributed by atoms with Gasteiger partial charge in [0.15, 0.2) is 12.1 Å². The van der Waals surface area contributed by atoms with E-state index in [1.807, 2.05) is 0 Å². The molecule has 0 radical (unpaired) electrons. The van der Waals surface area contributed by atoms with Crippen molar-refractivity contribution in [2.45, 2.75) is 13.2 Å². The molecule has 5 heteroatoms. The van der Waals surface area contributed by atoms with Crippen molar-refractivity contribution in [3.63, 3.8) is 0 Å². The molecule has 0 atom stereocenters. The predicted octanol–water partition coefficient (Wildman–Crippen LogP) is 1.66. The topological polar surface area (TPSA) is 61.8 Å². The van der Waals surface area contributed by atoms with Gasteiger partial charge in [0.05, 0.1) is 5.56 Å². The summed E-state index contributed by atoms with van der Waals surface area (Å²) >= 11 is 0. The summed E-state index contributed by atoms with van der Waals surface area (Å²) in [6.07, 6.45) is -0.578. The number of ether oxygens (including phenoxy) is 3. The van der Waals surface area contributed by atoms with Crippen molar-refractivity contribution in [3.8, 4) is 0 Å². The van der Waals surface area contributed by atoms with Gasteiger partial charge in [-0.05, 0) is 19.1 Å². The third-order valence-corrected chi connectivity index (χ3v) is 2.40. The van der Waals surface area contributed by atoms with Gasteiger partial charge in [-0.15, -0.1) is 0 Å². The average molecular weight is 252 g/mol. The van der Waals surface area contributed by atoms with Crippen LogP contribution in [0.25, 0.3) is 0 Å². The first-order chi connectivity index (χ1) is 8.58. The van der Waals surface area contributed by atoms with Gasteiger partial charge in [-0.1, -0.05) is 12.1 Å². The molecule has 0 saturated carbocycles. The van der Waals surface area contributed by atoms with Crippen LogP contribution in [0.2, 0.25) is 0 Å². The Morgan fingerprint density at radius 3 is 2.00 bits per heavy atom. The van der Waals surface area contributed by atoms with E-state index in [9.17, 15) is 9.59 Å². The second-order valence-corrected chi connectivity index (χ2v) is 3.63. The van der Waals surface area contributed by atoms with E-state index in [-0.39, 0.29) is 12.4 Å². The molecule has 0 amide bonds. The standard InChI is InChI=1S/C13H16O5/c1-9(14)10-4-6-11(7-5-10)13(15)18-8-12(16-2)17-3/h4-7,12H,8H2,1-3H3. The van der Waals surface area contributed by atoms with Crippen LogP contribution in [0, 0.1) is 0 Å². The van der Waals surface area contributed by atoms with Crippen molar-refractivity contribution in [3.05, 3.63) is 35.4 Å². The van der Waals surface area contributed by atoms with Crippen molar-refractivity contribution in [2.75, 3.05) is 20.8 Å². The maximum absolute atomic E-state index is 11.6. The fraction of sp³-hybridized carbons (Fsp3) is 0.385. The van der Waals surface area contributed by atoms with Gasteiger partial charge < -0.3 is 14.2 Å². The zero-order valence-electron chi connectivity index (χ0n) is 10.6. The molecule has 1 rings (SSSR count). The Morgan fingerprint density at radius 1 is 1.06 bits per heavy atom. The smallest absolute Gasteiger partial charge is 0.338 e. The zero-order chi connectivity index (χ0) is 13.5. The molecular formula is C13H16O5. The normalized spacial score (nSPS) is 10.4. The van der Waals surface area contributed by atoms with E-state index in [1.165, 1.54) is 21.1 Å². The molecule has 0 N–H and O–H groups in total. The molecule has 0 spiro atoms. The Labute approximate surface area is 106 Å². The van der Waals surface area contributed by atoms with Crippen LogP contribution in [0.3, 0.4) is 0 Å². The summed E-state index contributed by atoms with van der Waals surface area (Å²) in [5, 5.41) is 0. The lowest BCUT2D eigenvalue weighted by Crippen LogP contribution is -2.22. The van der Waals surface area contributed by atoms with E-state index in [0.29, 0.717) is 11.1 Å². The molecular weight excluding hydrogens is 236 g/mol. The Balaban J connectivity index is 2.59. The Hall–Kier alpha value is -1.72. The van der Waals surface area contributed by atoms with Crippen LogP contribution in [0.4, 0.5) is 0 Å². The summed E-state index contributed by atoms with van der Waals surface area (Å²) in [7, 11) is 2.92. The molecule has 1 aromatic rings. The predicted molar refractivity (Wildman–Crippen MR) is 64.5 cm³/mol. The van der Waals surface area contributed by atoms with E-state index >= 15 is 0 Å². The molecule has 5 nitrogen and oxygen atoms in total. The lowest BCUT2D eigenvalue weighted by molar-refractivity contribution is -0.129. The molecule has 0 bridgehead atoms. The van der Waals surface area contributed by atoms with Crippen molar-refractivity contribution in [1.29, 1.82) is 0 Å². The van der Waals surface area contributed by atoms with Gasteiger partial charge in [-0.25, -0.2) is 4.79 Å². The van der Waals surface area contributed by atoms with Crippen LogP contribution in [0.1, 0.15) is 27.6 Å². The summed E-state index contributed by atoms with van der Waals surface area (Å²) < 4.78 is 14.8. The minimum absolute atomic E-state index is 0.0142. The van der Waals surface area contributed by atoms with Gasteiger partial charge in [0.2, 0.25) is 0 Å². The number of Topliss-reactive ketones (excluding diaryl/α,β-unsaturated/α-hetero) is 1. The lowest BCUT2D eigenvalue weighted by atomic mass is 10.1. The van der Waals surface area contributed by atoms with Crippen molar-refractivity contribution in [1.82, 2.24) is 0 Å². The van der Waals surface area contributed by atoms with Crippen LogP contribution in [0.15, 0.2) is 24.3 Å². The summed E-state index contributed by atoms with van der Waals surface area (Å²) in [5.74, 6) is -0.530. The number of benzene rings is 1. The fourth-order valence-electron chi connectivity index (χ4n) is 1.30. The van der Waals surface area contributed by atoms with E-state index < -0.39 is 12.3 Å². The van der Waals surface area contributed by atoms with Crippen LogP contribution in [-0.4, -0.2) is 38.9 Å². The summed E-state index contributed by atoms with van der Waals surface area (Å²) in [4.78, 5) is 22.7. The van der Waals surface area contributed by atoms with Crippen molar-refractivity contribution in [2.24, 2.45) is 0 Å². The average Bonchev–Trinajstić information content (AvgIpc) is 2.39. The van der Waals surface area contributed by atoms with Crippen LogP contribution in [-0.2, 0) is 14.2 Å². The largest absolute Gasteiger partial charge is 0.457 e.